The Morgan fingerprint density at radius 1 is 1.36 bits per heavy atom. The van der Waals surface area contributed by atoms with E-state index < -0.39 is 15.7 Å². The smallest absolute Gasteiger partial charge is 0.230 e. The molecular formula is C14H15FN4O3S3. The van der Waals surface area contributed by atoms with Gasteiger partial charge in [-0.15, -0.1) is 10.2 Å². The van der Waals surface area contributed by atoms with Crippen molar-refractivity contribution in [2.45, 2.75) is 16.8 Å². The highest BCUT2D eigenvalue weighted by Crippen LogP contribution is 2.28. The monoisotopic (exact) mass is 402 g/mol. The predicted molar refractivity (Wildman–Crippen MR) is 95.5 cm³/mol. The molecule has 1 aromatic heterocycles. The SMILES string of the molecule is O=C(CSc1nnc(Nc2ccccc2F)s1)N[C@@H]1CCS(=O)(=O)C1. The second-order valence-electron chi connectivity index (χ2n) is 5.43. The van der Waals surface area contributed by atoms with Crippen LogP contribution in [0.25, 0.3) is 0 Å². The molecule has 0 spiro atoms. The van der Waals surface area contributed by atoms with Gasteiger partial charge < -0.3 is 10.6 Å². The number of nitrogens with one attached hydrogen (secondary N) is 2. The van der Waals surface area contributed by atoms with Crippen LogP contribution in [0.3, 0.4) is 0 Å². The van der Waals surface area contributed by atoms with Gasteiger partial charge in [0, 0.05) is 6.04 Å². The molecule has 134 valence electrons. The van der Waals surface area contributed by atoms with Crippen LogP contribution in [-0.4, -0.2) is 47.8 Å². The Balaban J connectivity index is 1.48. The number of carbonyl (C=O) groups excluding carboxylic acids is 1. The molecule has 1 aromatic carbocycles. The largest absolute Gasteiger partial charge is 0.352 e. The van der Waals surface area contributed by atoms with Crippen molar-refractivity contribution in [3.05, 3.63) is 30.1 Å². The molecular weight excluding hydrogens is 387 g/mol. The molecule has 1 atom stereocenters. The normalized spacial score (nSPS) is 18.8. The highest BCUT2D eigenvalue weighted by molar-refractivity contribution is 8.01. The number of thioether (sulfide) groups is 1. The Kier molecular flexibility index (Phi) is 5.54. The number of sulfone groups is 1. The average Bonchev–Trinajstić information content (AvgIpc) is 3.14. The Labute approximate surface area is 152 Å². The van der Waals surface area contributed by atoms with Crippen molar-refractivity contribution in [1.29, 1.82) is 0 Å². The highest BCUT2D eigenvalue weighted by atomic mass is 32.2. The van der Waals surface area contributed by atoms with Crippen LogP contribution in [0, 0.1) is 5.82 Å². The van der Waals surface area contributed by atoms with Crippen LogP contribution in [-0.2, 0) is 14.6 Å². The van der Waals surface area contributed by atoms with Crippen molar-refractivity contribution >= 4 is 49.7 Å². The summed E-state index contributed by atoms with van der Waals surface area (Å²) in [6.07, 6.45) is 0.453. The predicted octanol–water partition coefficient (Wildman–Crippen LogP) is 1.82. The topological polar surface area (TPSA) is 101 Å². The summed E-state index contributed by atoms with van der Waals surface area (Å²) < 4.78 is 36.9. The fourth-order valence-electron chi connectivity index (χ4n) is 2.30. The van der Waals surface area contributed by atoms with Gasteiger partial charge in [-0.1, -0.05) is 35.2 Å². The molecule has 1 aliphatic heterocycles. The molecule has 1 saturated heterocycles. The second-order valence-corrected chi connectivity index (χ2v) is 9.86. The van der Waals surface area contributed by atoms with E-state index in [0.29, 0.717) is 21.6 Å². The molecule has 0 radical (unpaired) electrons. The Bertz CT molecular complexity index is 872. The lowest BCUT2D eigenvalue weighted by molar-refractivity contribution is -0.119. The standard InChI is InChI=1S/C14H15FN4O3S3/c15-10-3-1-2-4-11(10)17-13-18-19-14(24-13)23-7-12(20)16-9-5-6-25(21,22)8-9/h1-4,9H,5-8H2,(H,16,20)(H,17,18)/t9-/m1/s1. The van der Waals surface area contributed by atoms with E-state index in [9.17, 15) is 17.6 Å². The van der Waals surface area contributed by atoms with Crippen LogP contribution in [0.4, 0.5) is 15.2 Å². The van der Waals surface area contributed by atoms with Gasteiger partial charge in [-0.2, -0.15) is 0 Å². The van der Waals surface area contributed by atoms with Crippen molar-refractivity contribution < 1.29 is 17.6 Å². The van der Waals surface area contributed by atoms with E-state index >= 15 is 0 Å². The summed E-state index contributed by atoms with van der Waals surface area (Å²) in [6.45, 7) is 0. The molecule has 0 saturated carbocycles. The van der Waals surface area contributed by atoms with Crippen molar-refractivity contribution in [3.63, 3.8) is 0 Å². The molecule has 0 unspecified atom stereocenters. The van der Waals surface area contributed by atoms with Crippen molar-refractivity contribution in [2.75, 3.05) is 22.6 Å². The van der Waals surface area contributed by atoms with E-state index in [2.05, 4.69) is 20.8 Å². The van der Waals surface area contributed by atoms with E-state index in [-0.39, 0.29) is 29.2 Å². The zero-order valence-electron chi connectivity index (χ0n) is 12.9. The maximum atomic E-state index is 13.6. The number of anilines is 2. The van der Waals surface area contributed by atoms with Crippen LogP contribution < -0.4 is 10.6 Å². The number of aromatic nitrogens is 2. The molecule has 2 heterocycles. The number of hydrogen-bond donors (Lipinski definition) is 2. The lowest BCUT2D eigenvalue weighted by Crippen LogP contribution is -2.36. The van der Waals surface area contributed by atoms with E-state index in [4.69, 9.17) is 0 Å². The minimum absolute atomic E-state index is 0.00107. The lowest BCUT2D eigenvalue weighted by atomic mass is 10.3. The van der Waals surface area contributed by atoms with Crippen molar-refractivity contribution in [2.24, 2.45) is 0 Å². The Hall–Kier alpha value is -1.72. The summed E-state index contributed by atoms with van der Waals surface area (Å²) in [6, 6.07) is 5.91. The molecule has 0 aliphatic carbocycles. The molecule has 7 nitrogen and oxygen atoms in total. The summed E-state index contributed by atoms with van der Waals surface area (Å²) >= 11 is 2.41. The molecule has 1 fully saturated rings. The van der Waals surface area contributed by atoms with Crippen LogP contribution in [0.1, 0.15) is 6.42 Å². The number of nitrogens with zero attached hydrogens (tertiary/aromatic N) is 2. The number of benzene rings is 1. The molecule has 1 aliphatic rings. The number of hydrogen-bond acceptors (Lipinski definition) is 8. The summed E-state index contributed by atoms with van der Waals surface area (Å²) in [5.74, 6) is -0.403. The van der Waals surface area contributed by atoms with Gasteiger partial charge in [0.1, 0.15) is 5.82 Å². The third-order valence-electron chi connectivity index (χ3n) is 3.45. The highest BCUT2D eigenvalue weighted by Gasteiger charge is 2.28. The van der Waals surface area contributed by atoms with Crippen molar-refractivity contribution in [3.8, 4) is 0 Å². The van der Waals surface area contributed by atoms with E-state index in [1.165, 1.54) is 29.2 Å². The minimum atomic E-state index is -3.02. The Morgan fingerprint density at radius 3 is 2.88 bits per heavy atom. The average molecular weight is 402 g/mol. The molecule has 2 aromatic rings. The van der Waals surface area contributed by atoms with E-state index in [1.807, 2.05) is 0 Å². The summed E-state index contributed by atoms with van der Waals surface area (Å²) in [5.41, 5.74) is 0.301. The number of carbonyl (C=O) groups is 1. The third kappa shape index (κ3) is 5.13. The molecule has 0 bridgehead atoms. The molecule has 11 heteroatoms. The summed E-state index contributed by atoms with van der Waals surface area (Å²) in [5, 5.41) is 13.8. The zero-order chi connectivity index (χ0) is 17.9. The van der Waals surface area contributed by atoms with Gasteiger partial charge >= 0.3 is 0 Å². The maximum Gasteiger partial charge on any atom is 0.230 e. The van der Waals surface area contributed by atoms with Crippen LogP contribution >= 0.6 is 23.1 Å². The quantitative estimate of drug-likeness (QED) is 0.711. The third-order valence-corrected chi connectivity index (χ3v) is 7.19. The zero-order valence-corrected chi connectivity index (χ0v) is 15.4. The first-order chi connectivity index (χ1) is 11.9. The number of halogens is 1. The van der Waals surface area contributed by atoms with Crippen molar-refractivity contribution in [1.82, 2.24) is 15.5 Å². The minimum Gasteiger partial charge on any atom is -0.352 e. The van der Waals surface area contributed by atoms with Crippen LogP contribution in [0.2, 0.25) is 0 Å². The first-order valence-corrected chi connectivity index (χ1v) is 11.0. The maximum absolute atomic E-state index is 13.6. The summed E-state index contributed by atoms with van der Waals surface area (Å²) in [7, 11) is -3.02. The molecule has 25 heavy (non-hydrogen) atoms. The number of para-hydroxylation sites is 1. The molecule has 1 amide bonds. The van der Waals surface area contributed by atoms with Gasteiger partial charge in [0.25, 0.3) is 0 Å². The first kappa shape index (κ1) is 18.1. The van der Waals surface area contributed by atoms with Gasteiger partial charge in [0.2, 0.25) is 11.0 Å². The second kappa shape index (κ2) is 7.67. The summed E-state index contributed by atoms with van der Waals surface area (Å²) in [4.78, 5) is 11.9. The number of amides is 1. The first-order valence-electron chi connectivity index (χ1n) is 7.39. The Morgan fingerprint density at radius 2 is 2.16 bits per heavy atom. The van der Waals surface area contributed by atoms with Gasteiger partial charge in [0.15, 0.2) is 14.2 Å². The fourth-order valence-corrected chi connectivity index (χ4v) is 5.55. The number of rotatable bonds is 6. The van der Waals surface area contributed by atoms with E-state index in [1.54, 1.807) is 18.2 Å². The van der Waals surface area contributed by atoms with Crippen LogP contribution in [0.5, 0.6) is 0 Å². The lowest BCUT2D eigenvalue weighted by Gasteiger charge is -2.09. The van der Waals surface area contributed by atoms with Gasteiger partial charge in [-0.25, -0.2) is 12.8 Å². The van der Waals surface area contributed by atoms with Gasteiger partial charge in [-0.05, 0) is 18.6 Å². The van der Waals surface area contributed by atoms with Gasteiger partial charge in [0.05, 0.1) is 22.9 Å². The molecule has 2 N–H and O–H groups in total. The van der Waals surface area contributed by atoms with Crippen LogP contribution in [0.15, 0.2) is 28.6 Å². The molecule has 3 rings (SSSR count). The fraction of sp³-hybridized carbons (Fsp3) is 0.357. The van der Waals surface area contributed by atoms with E-state index in [0.717, 1.165) is 0 Å². The van der Waals surface area contributed by atoms with Gasteiger partial charge in [-0.3, -0.25) is 4.79 Å².